The van der Waals surface area contributed by atoms with Gasteiger partial charge in [-0.25, -0.2) is 0 Å². The van der Waals surface area contributed by atoms with Gasteiger partial charge >= 0.3 is 0 Å². The normalized spacial score (nSPS) is 12.1. The van der Waals surface area contributed by atoms with Crippen LogP contribution in [0.3, 0.4) is 0 Å². The lowest BCUT2D eigenvalue weighted by molar-refractivity contribution is 0.174. The van der Waals surface area contributed by atoms with E-state index in [9.17, 15) is 0 Å². The third-order valence-corrected chi connectivity index (χ3v) is 4.59. The zero-order valence-corrected chi connectivity index (χ0v) is 15.8. The Bertz CT molecular complexity index is 908. The Morgan fingerprint density at radius 1 is 0.962 bits per heavy atom. The average molecular weight is 392 g/mol. The second kappa shape index (κ2) is 8.04. The average Bonchev–Trinajstić information content (AvgIpc) is 3.26. The number of hydrogen-bond acceptors (Lipinski definition) is 4. The number of rotatable bonds is 5. The summed E-state index contributed by atoms with van der Waals surface area (Å²) in [6.07, 6.45) is 0. The first-order valence-corrected chi connectivity index (χ1v) is 8.51. The number of halogens is 2. The van der Waals surface area contributed by atoms with Gasteiger partial charge in [-0.15, -0.1) is 12.4 Å². The highest BCUT2D eigenvalue weighted by atomic mass is 35.5. The Morgan fingerprint density at radius 3 is 2.65 bits per heavy atom. The number of ether oxygens (including phenoxy) is 2. The molecule has 1 aliphatic rings. The number of nitrogens with one attached hydrogen (secondary N) is 1. The third-order valence-electron chi connectivity index (χ3n) is 4.18. The van der Waals surface area contributed by atoms with Gasteiger partial charge < -0.3 is 19.2 Å². The predicted octanol–water partition coefficient (Wildman–Crippen LogP) is 5.35. The number of furan rings is 1. The molecule has 0 saturated heterocycles. The van der Waals surface area contributed by atoms with Crippen LogP contribution in [0.5, 0.6) is 11.5 Å². The molecule has 4 rings (SSSR count). The van der Waals surface area contributed by atoms with Gasteiger partial charge in [-0.3, -0.25) is 0 Å². The molecule has 0 bridgehead atoms. The van der Waals surface area contributed by atoms with Gasteiger partial charge in [-0.2, -0.15) is 0 Å². The summed E-state index contributed by atoms with van der Waals surface area (Å²) in [5.74, 6) is 3.31. The first-order chi connectivity index (χ1) is 12.2. The van der Waals surface area contributed by atoms with E-state index in [2.05, 4.69) is 5.32 Å². The zero-order valence-electron chi connectivity index (χ0n) is 14.3. The fourth-order valence-electron chi connectivity index (χ4n) is 2.76. The van der Waals surface area contributed by atoms with Crippen molar-refractivity contribution in [2.24, 2.45) is 0 Å². The summed E-state index contributed by atoms with van der Waals surface area (Å²) in [5, 5.41) is 4.12. The summed E-state index contributed by atoms with van der Waals surface area (Å²) >= 11 is 6.19. The first kappa shape index (κ1) is 18.6. The van der Waals surface area contributed by atoms with Crippen LogP contribution < -0.4 is 14.8 Å². The lowest BCUT2D eigenvalue weighted by atomic mass is 10.1. The van der Waals surface area contributed by atoms with Crippen molar-refractivity contribution in [2.75, 3.05) is 6.79 Å². The van der Waals surface area contributed by atoms with Gasteiger partial charge in [0.2, 0.25) is 6.79 Å². The maximum atomic E-state index is 6.19. The fraction of sp³-hybridized carbons (Fsp3) is 0.200. The number of hydrogen-bond donors (Lipinski definition) is 1. The van der Waals surface area contributed by atoms with Crippen LogP contribution in [0.25, 0.3) is 11.3 Å². The van der Waals surface area contributed by atoms with Crippen molar-refractivity contribution in [1.82, 2.24) is 5.32 Å². The molecule has 1 N–H and O–H groups in total. The highest BCUT2D eigenvalue weighted by molar-refractivity contribution is 6.31. The van der Waals surface area contributed by atoms with Gasteiger partial charge in [-0.05, 0) is 48.4 Å². The van der Waals surface area contributed by atoms with Gasteiger partial charge in [0.15, 0.2) is 11.5 Å². The highest BCUT2D eigenvalue weighted by Gasteiger charge is 2.13. The van der Waals surface area contributed by atoms with Gasteiger partial charge in [0.25, 0.3) is 0 Å². The molecule has 4 nitrogen and oxygen atoms in total. The summed E-state index contributed by atoms with van der Waals surface area (Å²) < 4.78 is 16.6. The topological polar surface area (TPSA) is 43.6 Å². The van der Waals surface area contributed by atoms with E-state index in [1.807, 2.05) is 55.5 Å². The number of fused-ring (bicyclic) bond motifs is 1. The molecule has 6 heteroatoms. The maximum Gasteiger partial charge on any atom is 0.231 e. The van der Waals surface area contributed by atoms with Gasteiger partial charge in [0, 0.05) is 17.1 Å². The van der Waals surface area contributed by atoms with Gasteiger partial charge in [0.05, 0.1) is 6.54 Å². The molecule has 2 heterocycles. The molecule has 0 spiro atoms. The summed E-state index contributed by atoms with van der Waals surface area (Å²) in [7, 11) is 0. The quantitative estimate of drug-likeness (QED) is 0.636. The fourth-order valence-corrected chi connectivity index (χ4v) is 2.94. The molecule has 0 atom stereocenters. The third kappa shape index (κ3) is 3.98. The van der Waals surface area contributed by atoms with E-state index in [1.54, 1.807) is 0 Å². The molecule has 1 aromatic heterocycles. The van der Waals surface area contributed by atoms with Crippen LogP contribution in [-0.4, -0.2) is 6.79 Å². The Kier molecular flexibility index (Phi) is 5.77. The molecule has 26 heavy (non-hydrogen) atoms. The van der Waals surface area contributed by atoms with Crippen LogP contribution in [-0.2, 0) is 13.1 Å². The summed E-state index contributed by atoms with van der Waals surface area (Å²) in [5.41, 5.74) is 3.18. The molecule has 2 aromatic carbocycles. The second-order valence-corrected chi connectivity index (χ2v) is 6.43. The standard InChI is InChI=1S/C20H18ClNO3.ClH/c1-13-2-4-15(9-17(13)21)18-7-5-16(25-18)11-22-10-14-3-6-19-20(8-14)24-12-23-19;/h2-9,22H,10-12H2,1H3;1H. The molecular weight excluding hydrogens is 373 g/mol. The molecule has 0 amide bonds. The Hall–Kier alpha value is -2.14. The van der Waals surface area contributed by atoms with Crippen molar-refractivity contribution in [3.63, 3.8) is 0 Å². The summed E-state index contributed by atoms with van der Waals surface area (Å²) in [6, 6.07) is 15.9. The predicted molar refractivity (Wildman–Crippen MR) is 104 cm³/mol. The smallest absolute Gasteiger partial charge is 0.231 e. The number of aryl methyl sites for hydroxylation is 1. The lowest BCUT2D eigenvalue weighted by Gasteiger charge is -2.05. The monoisotopic (exact) mass is 391 g/mol. The molecule has 0 radical (unpaired) electrons. The van der Waals surface area contributed by atoms with Crippen LogP contribution in [0.2, 0.25) is 5.02 Å². The van der Waals surface area contributed by atoms with Crippen LogP contribution >= 0.6 is 24.0 Å². The Morgan fingerprint density at radius 2 is 1.81 bits per heavy atom. The molecule has 136 valence electrons. The minimum absolute atomic E-state index is 0. The van der Waals surface area contributed by atoms with Gasteiger partial charge in [0.1, 0.15) is 11.5 Å². The van der Waals surface area contributed by atoms with E-state index in [-0.39, 0.29) is 12.4 Å². The SMILES string of the molecule is Cc1ccc(-c2ccc(CNCc3ccc4c(c3)OCO4)o2)cc1Cl.Cl. The zero-order chi connectivity index (χ0) is 17.2. The molecular formula is C20H19Cl2NO3. The minimum atomic E-state index is 0. The van der Waals surface area contributed by atoms with Crippen LogP contribution in [0, 0.1) is 6.92 Å². The molecule has 0 saturated carbocycles. The van der Waals surface area contributed by atoms with Gasteiger partial charge in [-0.1, -0.05) is 29.8 Å². The van der Waals surface area contributed by atoms with Crippen molar-refractivity contribution in [3.05, 3.63) is 70.4 Å². The van der Waals surface area contributed by atoms with Crippen molar-refractivity contribution in [1.29, 1.82) is 0 Å². The first-order valence-electron chi connectivity index (χ1n) is 8.13. The van der Waals surface area contributed by atoms with E-state index in [1.165, 1.54) is 0 Å². The Labute approximate surface area is 163 Å². The van der Waals surface area contributed by atoms with E-state index in [0.29, 0.717) is 13.3 Å². The van der Waals surface area contributed by atoms with Crippen molar-refractivity contribution in [2.45, 2.75) is 20.0 Å². The molecule has 0 fully saturated rings. The minimum Gasteiger partial charge on any atom is -0.460 e. The van der Waals surface area contributed by atoms with Crippen LogP contribution in [0.1, 0.15) is 16.9 Å². The highest BCUT2D eigenvalue weighted by Crippen LogP contribution is 2.32. The molecule has 0 aliphatic carbocycles. The van der Waals surface area contributed by atoms with Crippen LogP contribution in [0.15, 0.2) is 52.9 Å². The van der Waals surface area contributed by atoms with E-state index in [4.69, 9.17) is 25.5 Å². The van der Waals surface area contributed by atoms with E-state index >= 15 is 0 Å². The summed E-state index contributed by atoms with van der Waals surface area (Å²) in [6.45, 7) is 3.65. The van der Waals surface area contributed by atoms with Crippen molar-refractivity contribution < 1.29 is 13.9 Å². The molecule has 0 unspecified atom stereocenters. The largest absolute Gasteiger partial charge is 0.460 e. The maximum absolute atomic E-state index is 6.19. The van der Waals surface area contributed by atoms with Crippen molar-refractivity contribution in [3.8, 4) is 22.8 Å². The summed E-state index contributed by atoms with van der Waals surface area (Å²) in [4.78, 5) is 0. The molecule has 1 aliphatic heterocycles. The van der Waals surface area contributed by atoms with E-state index in [0.717, 1.165) is 51.3 Å². The van der Waals surface area contributed by atoms with E-state index < -0.39 is 0 Å². The number of benzene rings is 2. The van der Waals surface area contributed by atoms with Crippen LogP contribution in [0.4, 0.5) is 0 Å². The Balaban J connectivity index is 0.00000196. The lowest BCUT2D eigenvalue weighted by Crippen LogP contribution is -2.11. The van der Waals surface area contributed by atoms with Crippen molar-refractivity contribution >= 4 is 24.0 Å². The second-order valence-electron chi connectivity index (χ2n) is 6.02. The molecule has 3 aromatic rings.